The van der Waals surface area contributed by atoms with Crippen LogP contribution in [0.1, 0.15) is 24.2 Å². The molecule has 0 spiro atoms. The normalized spacial score (nSPS) is 10.2. The topological polar surface area (TPSA) is 105 Å². The fourth-order valence-electron chi connectivity index (χ4n) is 1.24. The summed E-state index contributed by atoms with van der Waals surface area (Å²) in [5.41, 5.74) is 11.2. The highest BCUT2D eigenvalue weighted by molar-refractivity contribution is 5.91. The minimum absolute atomic E-state index is 0.204. The zero-order valence-corrected chi connectivity index (χ0v) is 10.3. The highest BCUT2D eigenvalue weighted by Gasteiger charge is 2.11. The van der Waals surface area contributed by atoms with E-state index in [1.54, 1.807) is 13.8 Å². The molecule has 4 N–H and O–H groups in total. The predicted octanol–water partition coefficient (Wildman–Crippen LogP) is 0.698. The summed E-state index contributed by atoms with van der Waals surface area (Å²) in [5.74, 6) is -0.759. The van der Waals surface area contributed by atoms with Gasteiger partial charge < -0.3 is 20.9 Å². The second-order valence-corrected chi connectivity index (χ2v) is 3.96. The summed E-state index contributed by atoms with van der Waals surface area (Å²) in [5, 5.41) is 0. The molecule has 0 saturated carbocycles. The van der Waals surface area contributed by atoms with E-state index in [1.807, 2.05) is 0 Å². The van der Waals surface area contributed by atoms with Gasteiger partial charge >= 0.3 is 5.97 Å². The maximum absolute atomic E-state index is 11.6. The fraction of sp³-hybridized carbons (Fsp3) is 0.333. The molecular weight excluding hydrogens is 236 g/mol. The van der Waals surface area contributed by atoms with Crippen molar-refractivity contribution in [2.45, 2.75) is 20.0 Å². The van der Waals surface area contributed by atoms with Gasteiger partial charge in [-0.15, -0.1) is 0 Å². The Labute approximate surface area is 105 Å². The number of amides is 1. The number of anilines is 1. The van der Waals surface area contributed by atoms with Crippen LogP contribution in [0.2, 0.25) is 0 Å². The first kappa shape index (κ1) is 13.8. The van der Waals surface area contributed by atoms with E-state index < -0.39 is 11.9 Å². The van der Waals surface area contributed by atoms with Crippen molar-refractivity contribution in [2.24, 2.45) is 5.73 Å². The maximum Gasteiger partial charge on any atom is 0.338 e. The number of nitrogen functional groups attached to an aromatic ring is 1. The Balaban J connectivity index is 2.78. The van der Waals surface area contributed by atoms with Gasteiger partial charge in [0.15, 0.2) is 6.61 Å². The van der Waals surface area contributed by atoms with Crippen LogP contribution in [0.3, 0.4) is 0 Å². The average Bonchev–Trinajstić information content (AvgIpc) is 2.26. The Bertz CT molecular complexity index is 457. The van der Waals surface area contributed by atoms with Crippen molar-refractivity contribution < 1.29 is 19.1 Å². The molecule has 0 aliphatic heterocycles. The van der Waals surface area contributed by atoms with E-state index in [-0.39, 0.29) is 18.4 Å². The first-order valence-corrected chi connectivity index (χ1v) is 5.41. The van der Waals surface area contributed by atoms with Gasteiger partial charge in [0.25, 0.3) is 5.91 Å². The lowest BCUT2D eigenvalue weighted by Gasteiger charge is -2.10. The smallest absolute Gasteiger partial charge is 0.338 e. The van der Waals surface area contributed by atoms with Gasteiger partial charge in [-0.2, -0.15) is 0 Å². The zero-order chi connectivity index (χ0) is 13.7. The van der Waals surface area contributed by atoms with Crippen LogP contribution in [0, 0.1) is 0 Å². The third-order valence-corrected chi connectivity index (χ3v) is 1.96. The van der Waals surface area contributed by atoms with Crippen molar-refractivity contribution in [3.05, 3.63) is 23.8 Å². The Kier molecular flexibility index (Phi) is 4.53. The number of nitrogens with two attached hydrogens (primary N) is 2. The third-order valence-electron chi connectivity index (χ3n) is 1.96. The van der Waals surface area contributed by atoms with Crippen molar-refractivity contribution in [1.82, 2.24) is 0 Å². The van der Waals surface area contributed by atoms with E-state index >= 15 is 0 Å². The van der Waals surface area contributed by atoms with E-state index in [4.69, 9.17) is 20.9 Å². The number of primary amides is 1. The van der Waals surface area contributed by atoms with Gasteiger partial charge in [0.05, 0.1) is 17.4 Å². The van der Waals surface area contributed by atoms with Gasteiger partial charge in [0, 0.05) is 0 Å². The lowest BCUT2D eigenvalue weighted by Crippen LogP contribution is -2.20. The van der Waals surface area contributed by atoms with E-state index in [2.05, 4.69) is 0 Å². The van der Waals surface area contributed by atoms with E-state index in [0.29, 0.717) is 11.3 Å². The molecule has 0 saturated heterocycles. The number of esters is 1. The largest absolute Gasteiger partial charge is 0.482 e. The van der Waals surface area contributed by atoms with Crippen LogP contribution >= 0.6 is 0 Å². The number of rotatable bonds is 5. The standard InChI is InChI=1S/C12H16N2O4/c1-7(2)18-12(16)8-3-4-10(9(13)5-8)17-6-11(14)15/h3-5,7H,6,13H2,1-2H3,(H2,14,15). The first-order valence-electron chi connectivity index (χ1n) is 5.41. The Morgan fingerprint density at radius 2 is 2.00 bits per heavy atom. The zero-order valence-electron chi connectivity index (χ0n) is 10.3. The molecule has 1 amide bonds. The summed E-state index contributed by atoms with van der Waals surface area (Å²) >= 11 is 0. The van der Waals surface area contributed by atoms with Gasteiger partial charge in [0.2, 0.25) is 0 Å². The van der Waals surface area contributed by atoms with Crippen LogP contribution in [0.15, 0.2) is 18.2 Å². The van der Waals surface area contributed by atoms with E-state index in [1.165, 1.54) is 18.2 Å². The van der Waals surface area contributed by atoms with Crippen LogP contribution < -0.4 is 16.2 Å². The van der Waals surface area contributed by atoms with Crippen LogP contribution in [-0.2, 0) is 9.53 Å². The molecule has 6 nitrogen and oxygen atoms in total. The molecule has 0 fully saturated rings. The molecule has 1 aromatic rings. The number of benzene rings is 1. The molecule has 98 valence electrons. The van der Waals surface area contributed by atoms with Gasteiger partial charge in [-0.25, -0.2) is 4.79 Å². The number of hydrogen-bond donors (Lipinski definition) is 2. The molecule has 0 unspecified atom stereocenters. The summed E-state index contributed by atoms with van der Waals surface area (Å²) in [6.07, 6.45) is -0.204. The molecule has 0 heterocycles. The Morgan fingerprint density at radius 3 is 2.50 bits per heavy atom. The van der Waals surface area contributed by atoms with Crippen molar-refractivity contribution >= 4 is 17.6 Å². The monoisotopic (exact) mass is 252 g/mol. The quantitative estimate of drug-likeness (QED) is 0.592. The summed E-state index contributed by atoms with van der Waals surface area (Å²) in [4.78, 5) is 22.2. The van der Waals surface area contributed by atoms with Crippen molar-refractivity contribution in [3.8, 4) is 5.75 Å². The lowest BCUT2D eigenvalue weighted by atomic mass is 10.2. The molecule has 6 heteroatoms. The number of carbonyl (C=O) groups is 2. The number of hydrogen-bond acceptors (Lipinski definition) is 5. The molecule has 18 heavy (non-hydrogen) atoms. The molecule has 0 aromatic heterocycles. The molecular formula is C12H16N2O4. The third kappa shape index (κ3) is 3.97. The van der Waals surface area contributed by atoms with E-state index in [0.717, 1.165) is 0 Å². The molecule has 0 bridgehead atoms. The van der Waals surface area contributed by atoms with Crippen LogP contribution in [0.5, 0.6) is 5.75 Å². The highest BCUT2D eigenvalue weighted by atomic mass is 16.5. The minimum Gasteiger partial charge on any atom is -0.482 e. The Hall–Kier alpha value is -2.24. The molecule has 1 rings (SSSR count). The second kappa shape index (κ2) is 5.90. The molecule has 0 radical (unpaired) electrons. The second-order valence-electron chi connectivity index (χ2n) is 3.96. The molecule has 0 aliphatic carbocycles. The van der Waals surface area contributed by atoms with Crippen LogP contribution in [-0.4, -0.2) is 24.6 Å². The van der Waals surface area contributed by atoms with Gasteiger partial charge in [-0.05, 0) is 32.0 Å². The van der Waals surface area contributed by atoms with Gasteiger partial charge in [-0.3, -0.25) is 4.79 Å². The first-order chi connectivity index (χ1) is 8.40. The highest BCUT2D eigenvalue weighted by Crippen LogP contribution is 2.23. The molecule has 0 atom stereocenters. The average molecular weight is 252 g/mol. The van der Waals surface area contributed by atoms with E-state index in [9.17, 15) is 9.59 Å². The summed E-state index contributed by atoms with van der Waals surface area (Å²) in [6.45, 7) is 3.25. The van der Waals surface area contributed by atoms with Crippen LogP contribution in [0.25, 0.3) is 0 Å². The minimum atomic E-state index is -0.599. The van der Waals surface area contributed by atoms with Crippen molar-refractivity contribution in [1.29, 1.82) is 0 Å². The maximum atomic E-state index is 11.6. The summed E-state index contributed by atoms with van der Waals surface area (Å²) in [6, 6.07) is 4.44. The van der Waals surface area contributed by atoms with Crippen molar-refractivity contribution in [3.63, 3.8) is 0 Å². The SMILES string of the molecule is CC(C)OC(=O)c1ccc(OCC(N)=O)c(N)c1. The van der Waals surface area contributed by atoms with Crippen molar-refractivity contribution in [2.75, 3.05) is 12.3 Å². The number of carbonyl (C=O) groups excluding carboxylic acids is 2. The fourth-order valence-corrected chi connectivity index (χ4v) is 1.24. The predicted molar refractivity (Wildman–Crippen MR) is 66.1 cm³/mol. The molecule has 1 aromatic carbocycles. The van der Waals surface area contributed by atoms with Gasteiger partial charge in [0.1, 0.15) is 5.75 Å². The lowest BCUT2D eigenvalue weighted by molar-refractivity contribution is -0.119. The number of ether oxygens (including phenoxy) is 2. The Morgan fingerprint density at radius 1 is 1.33 bits per heavy atom. The molecule has 0 aliphatic rings. The summed E-state index contributed by atoms with van der Waals surface area (Å²) < 4.78 is 10.1. The van der Waals surface area contributed by atoms with Crippen LogP contribution in [0.4, 0.5) is 5.69 Å². The van der Waals surface area contributed by atoms with Gasteiger partial charge in [-0.1, -0.05) is 0 Å². The summed E-state index contributed by atoms with van der Waals surface area (Å²) in [7, 11) is 0.